The van der Waals surface area contributed by atoms with Crippen molar-refractivity contribution in [1.29, 1.82) is 0 Å². The second-order valence-electron chi connectivity index (χ2n) is 7.89. The Labute approximate surface area is 181 Å². The minimum atomic E-state index is -0.264. The van der Waals surface area contributed by atoms with Crippen LogP contribution in [-0.2, 0) is 25.4 Å². The van der Waals surface area contributed by atoms with Gasteiger partial charge in [-0.25, -0.2) is 9.38 Å². The van der Waals surface area contributed by atoms with E-state index >= 15 is 0 Å². The van der Waals surface area contributed by atoms with Crippen molar-refractivity contribution in [2.45, 2.75) is 39.2 Å². The lowest BCUT2D eigenvalue weighted by atomic mass is 9.84. The first-order valence-corrected chi connectivity index (χ1v) is 10.9. The van der Waals surface area contributed by atoms with Crippen molar-refractivity contribution in [1.82, 2.24) is 25.4 Å². The lowest BCUT2D eigenvalue weighted by Crippen LogP contribution is -2.44. The van der Waals surface area contributed by atoms with Crippen LogP contribution in [0.25, 0.3) is 0 Å². The van der Waals surface area contributed by atoms with Crippen LogP contribution in [0, 0.1) is 12.7 Å². The van der Waals surface area contributed by atoms with E-state index < -0.39 is 0 Å². The molecule has 0 radical (unpaired) electrons. The summed E-state index contributed by atoms with van der Waals surface area (Å²) in [5.74, 6) is 2.14. The molecule has 0 bridgehead atoms. The number of guanidine groups is 1. The summed E-state index contributed by atoms with van der Waals surface area (Å²) >= 11 is 1.75. The summed E-state index contributed by atoms with van der Waals surface area (Å²) in [4.78, 5) is 6.03. The summed E-state index contributed by atoms with van der Waals surface area (Å²) in [5.41, 5.74) is 0.677. The van der Waals surface area contributed by atoms with Crippen molar-refractivity contribution >= 4 is 17.3 Å². The molecular weight excluding hydrogens is 399 g/mol. The molecule has 6 nitrogen and oxygen atoms in total. The van der Waals surface area contributed by atoms with Crippen molar-refractivity contribution < 1.29 is 4.39 Å². The lowest BCUT2D eigenvalue weighted by molar-refractivity contribution is 0.502. The topological polar surface area (TPSA) is 67.1 Å². The van der Waals surface area contributed by atoms with Gasteiger partial charge < -0.3 is 15.2 Å². The van der Waals surface area contributed by atoms with Gasteiger partial charge >= 0.3 is 0 Å². The first kappa shape index (κ1) is 22.0. The summed E-state index contributed by atoms with van der Waals surface area (Å²) in [7, 11) is 1.94. The van der Waals surface area contributed by atoms with Gasteiger partial charge in [0, 0.05) is 30.4 Å². The second kappa shape index (κ2) is 9.84. The zero-order valence-corrected chi connectivity index (χ0v) is 18.8. The number of aliphatic imine (C=N–C) groups is 1. The van der Waals surface area contributed by atoms with Crippen LogP contribution in [0.4, 0.5) is 4.39 Å². The zero-order valence-electron chi connectivity index (χ0n) is 17.9. The molecule has 30 heavy (non-hydrogen) atoms. The number of aryl methyl sites for hydroxylation is 1. The molecule has 0 unspecified atom stereocenters. The van der Waals surface area contributed by atoms with Crippen LogP contribution >= 0.6 is 11.3 Å². The van der Waals surface area contributed by atoms with E-state index in [1.54, 1.807) is 23.5 Å². The predicted octanol–water partition coefficient (Wildman–Crippen LogP) is 3.58. The summed E-state index contributed by atoms with van der Waals surface area (Å²) in [5, 5.41) is 17.2. The van der Waals surface area contributed by atoms with E-state index in [0.717, 1.165) is 30.2 Å². The maximum Gasteiger partial charge on any atom is 0.191 e. The fourth-order valence-corrected chi connectivity index (χ4v) is 3.70. The van der Waals surface area contributed by atoms with Gasteiger partial charge in [-0.15, -0.1) is 21.5 Å². The van der Waals surface area contributed by atoms with Crippen LogP contribution in [0.15, 0.2) is 46.8 Å². The Morgan fingerprint density at radius 1 is 1.20 bits per heavy atom. The first-order valence-electron chi connectivity index (χ1n) is 10.0. The Bertz CT molecular complexity index is 977. The minimum absolute atomic E-state index is 0.221. The third-order valence-electron chi connectivity index (χ3n) is 5.11. The predicted molar refractivity (Wildman–Crippen MR) is 120 cm³/mol. The van der Waals surface area contributed by atoms with Gasteiger partial charge in [0.1, 0.15) is 18.2 Å². The highest BCUT2D eigenvalue weighted by Gasteiger charge is 2.21. The number of thiophene rings is 1. The summed E-state index contributed by atoms with van der Waals surface area (Å²) in [6.45, 7) is 7.89. The van der Waals surface area contributed by atoms with Crippen LogP contribution in [0.5, 0.6) is 0 Å². The van der Waals surface area contributed by atoms with Crippen molar-refractivity contribution in [2.24, 2.45) is 12.0 Å². The number of benzene rings is 1. The maximum absolute atomic E-state index is 13.7. The van der Waals surface area contributed by atoms with Crippen LogP contribution in [0.3, 0.4) is 0 Å². The van der Waals surface area contributed by atoms with Gasteiger partial charge in [-0.05, 0) is 42.5 Å². The molecule has 3 rings (SSSR count). The molecule has 3 aromatic rings. The molecule has 0 saturated carbocycles. The summed E-state index contributed by atoms with van der Waals surface area (Å²) in [6, 6.07) is 10.9. The third-order valence-corrected chi connectivity index (χ3v) is 6.05. The fraction of sp³-hybridized carbons (Fsp3) is 0.409. The Morgan fingerprint density at radius 3 is 2.70 bits per heavy atom. The highest BCUT2D eigenvalue weighted by molar-refractivity contribution is 7.09. The SMILES string of the molecule is Cc1nnc(CN=C(NCCc2cccs2)NCC(C)(C)c2cccc(F)c2)n1C. The molecule has 0 spiro atoms. The molecule has 0 aliphatic rings. The van der Waals surface area contributed by atoms with E-state index in [1.807, 2.05) is 24.6 Å². The largest absolute Gasteiger partial charge is 0.356 e. The van der Waals surface area contributed by atoms with E-state index in [1.165, 1.54) is 10.9 Å². The van der Waals surface area contributed by atoms with E-state index in [-0.39, 0.29) is 11.2 Å². The quantitative estimate of drug-likeness (QED) is 0.425. The second-order valence-corrected chi connectivity index (χ2v) is 8.92. The number of halogens is 1. The fourth-order valence-electron chi connectivity index (χ4n) is 2.99. The minimum Gasteiger partial charge on any atom is -0.356 e. The molecule has 1 aromatic carbocycles. The molecule has 0 fully saturated rings. The molecule has 0 aliphatic carbocycles. The smallest absolute Gasteiger partial charge is 0.191 e. The Balaban J connectivity index is 1.67. The number of aromatic nitrogens is 3. The van der Waals surface area contributed by atoms with Gasteiger partial charge in [0.15, 0.2) is 11.8 Å². The standard InChI is InChI=1S/C22H29FN6S/c1-16-27-28-20(29(16)4)14-25-21(24-11-10-19-9-6-12-30-19)26-15-22(2,3)17-7-5-8-18(23)13-17/h5-9,12-13H,10-11,14-15H2,1-4H3,(H2,24,25,26). The molecule has 160 valence electrons. The molecule has 0 saturated heterocycles. The highest BCUT2D eigenvalue weighted by atomic mass is 32.1. The molecule has 0 amide bonds. The number of hydrogen-bond acceptors (Lipinski definition) is 4. The van der Waals surface area contributed by atoms with Crippen LogP contribution in [-0.4, -0.2) is 33.8 Å². The first-order chi connectivity index (χ1) is 14.3. The van der Waals surface area contributed by atoms with Crippen LogP contribution in [0.1, 0.15) is 35.9 Å². The lowest BCUT2D eigenvalue weighted by Gasteiger charge is -2.27. The van der Waals surface area contributed by atoms with Crippen molar-refractivity contribution in [2.75, 3.05) is 13.1 Å². The van der Waals surface area contributed by atoms with Crippen molar-refractivity contribution in [3.8, 4) is 0 Å². The van der Waals surface area contributed by atoms with Gasteiger partial charge in [0.25, 0.3) is 0 Å². The number of nitrogens with one attached hydrogen (secondary N) is 2. The molecular formula is C22H29FN6S. The molecule has 8 heteroatoms. The van der Waals surface area contributed by atoms with Crippen molar-refractivity contribution in [3.05, 3.63) is 69.7 Å². The van der Waals surface area contributed by atoms with Gasteiger partial charge in [0.2, 0.25) is 0 Å². The van der Waals surface area contributed by atoms with Gasteiger partial charge in [-0.2, -0.15) is 0 Å². The molecule has 2 aromatic heterocycles. The van der Waals surface area contributed by atoms with E-state index in [2.05, 4.69) is 52.2 Å². The van der Waals surface area contributed by atoms with Crippen LogP contribution in [0.2, 0.25) is 0 Å². The van der Waals surface area contributed by atoms with E-state index in [4.69, 9.17) is 4.99 Å². The Hall–Kier alpha value is -2.74. The maximum atomic E-state index is 13.7. The van der Waals surface area contributed by atoms with E-state index in [0.29, 0.717) is 19.0 Å². The van der Waals surface area contributed by atoms with Gasteiger partial charge in [0.05, 0.1) is 0 Å². The Kier molecular flexibility index (Phi) is 7.20. The van der Waals surface area contributed by atoms with Crippen molar-refractivity contribution in [3.63, 3.8) is 0 Å². The number of nitrogens with zero attached hydrogens (tertiary/aromatic N) is 4. The average Bonchev–Trinajstić information content (AvgIpc) is 3.34. The highest BCUT2D eigenvalue weighted by Crippen LogP contribution is 2.22. The zero-order chi connectivity index (χ0) is 21.6. The van der Waals surface area contributed by atoms with Gasteiger partial charge in [-0.1, -0.05) is 32.0 Å². The monoisotopic (exact) mass is 428 g/mol. The molecule has 0 aliphatic heterocycles. The summed E-state index contributed by atoms with van der Waals surface area (Å²) in [6.07, 6.45) is 0.925. The van der Waals surface area contributed by atoms with Gasteiger partial charge in [-0.3, -0.25) is 0 Å². The summed E-state index contributed by atoms with van der Waals surface area (Å²) < 4.78 is 15.6. The molecule has 2 heterocycles. The number of rotatable bonds is 8. The average molecular weight is 429 g/mol. The van der Waals surface area contributed by atoms with E-state index in [9.17, 15) is 4.39 Å². The molecule has 0 atom stereocenters. The third kappa shape index (κ3) is 5.89. The molecule has 2 N–H and O–H groups in total. The van der Waals surface area contributed by atoms with Crippen LogP contribution < -0.4 is 10.6 Å². The Morgan fingerprint density at radius 2 is 2.03 bits per heavy atom. The normalized spacial score (nSPS) is 12.2. The number of hydrogen-bond donors (Lipinski definition) is 2.